The SMILES string of the molecule is Cc1c(/C=N\O)sc2c1c(=O)n(C(C)C)c(=O)n2CC1CCCO1. The first kappa shape index (κ1) is 16.9. The molecular weight excluding hydrogens is 330 g/mol. The summed E-state index contributed by atoms with van der Waals surface area (Å²) in [7, 11) is 0. The highest BCUT2D eigenvalue weighted by molar-refractivity contribution is 7.20. The molecule has 8 heteroatoms. The number of oxime groups is 1. The Kier molecular flexibility index (Phi) is 4.60. The van der Waals surface area contributed by atoms with Crippen LogP contribution in [0.3, 0.4) is 0 Å². The standard InChI is InChI=1S/C16H21N3O4S/c1-9(2)19-14(20)13-10(3)12(7-17-22)24-15(13)18(16(19)21)8-11-5-4-6-23-11/h7,9,11,22H,4-6,8H2,1-3H3/b17-7-. The van der Waals surface area contributed by atoms with Crippen LogP contribution in [-0.2, 0) is 11.3 Å². The van der Waals surface area contributed by atoms with E-state index in [1.807, 2.05) is 20.8 Å². The van der Waals surface area contributed by atoms with Gasteiger partial charge in [0.1, 0.15) is 4.83 Å². The van der Waals surface area contributed by atoms with E-state index in [9.17, 15) is 9.59 Å². The monoisotopic (exact) mass is 351 g/mol. The summed E-state index contributed by atoms with van der Waals surface area (Å²) in [6, 6.07) is -0.237. The first-order valence-electron chi connectivity index (χ1n) is 8.03. The number of hydrogen-bond donors (Lipinski definition) is 1. The molecule has 3 heterocycles. The lowest BCUT2D eigenvalue weighted by Crippen LogP contribution is -2.42. The summed E-state index contributed by atoms with van der Waals surface area (Å²) in [4.78, 5) is 27.0. The van der Waals surface area contributed by atoms with Gasteiger partial charge in [0, 0.05) is 12.6 Å². The fourth-order valence-electron chi connectivity index (χ4n) is 3.17. The molecular formula is C16H21N3O4S. The number of rotatable bonds is 4. The number of aromatic nitrogens is 2. The van der Waals surface area contributed by atoms with E-state index in [1.54, 1.807) is 4.57 Å². The fraction of sp³-hybridized carbons (Fsp3) is 0.562. The predicted molar refractivity (Wildman–Crippen MR) is 93.8 cm³/mol. The Morgan fingerprint density at radius 3 is 2.79 bits per heavy atom. The van der Waals surface area contributed by atoms with Crippen molar-refractivity contribution in [3.63, 3.8) is 0 Å². The molecule has 7 nitrogen and oxygen atoms in total. The van der Waals surface area contributed by atoms with Crippen LogP contribution in [0.25, 0.3) is 10.2 Å². The van der Waals surface area contributed by atoms with Gasteiger partial charge in [0.05, 0.1) is 29.1 Å². The van der Waals surface area contributed by atoms with Gasteiger partial charge in [-0.15, -0.1) is 11.3 Å². The summed E-state index contributed by atoms with van der Waals surface area (Å²) in [5, 5.41) is 12.4. The van der Waals surface area contributed by atoms with Crippen molar-refractivity contribution in [1.82, 2.24) is 9.13 Å². The first-order valence-corrected chi connectivity index (χ1v) is 8.84. The molecule has 1 atom stereocenters. The Hall–Kier alpha value is -1.93. The number of ether oxygens (including phenoxy) is 1. The van der Waals surface area contributed by atoms with Crippen molar-refractivity contribution >= 4 is 27.8 Å². The number of nitrogens with zero attached hydrogens (tertiary/aromatic N) is 3. The van der Waals surface area contributed by atoms with E-state index in [0.29, 0.717) is 28.2 Å². The Balaban J connectivity index is 2.32. The minimum atomic E-state index is -0.313. The molecule has 1 fully saturated rings. The first-order chi connectivity index (χ1) is 11.5. The zero-order valence-electron chi connectivity index (χ0n) is 14.0. The molecule has 0 aliphatic carbocycles. The van der Waals surface area contributed by atoms with Crippen LogP contribution in [0.15, 0.2) is 14.7 Å². The van der Waals surface area contributed by atoms with Crippen molar-refractivity contribution < 1.29 is 9.94 Å². The number of thiophene rings is 1. The molecule has 1 N–H and O–H groups in total. The third-order valence-corrected chi connectivity index (χ3v) is 5.63. The van der Waals surface area contributed by atoms with E-state index in [0.717, 1.165) is 18.4 Å². The van der Waals surface area contributed by atoms with Gasteiger partial charge in [0.15, 0.2) is 0 Å². The number of aryl methyl sites for hydroxylation is 1. The largest absolute Gasteiger partial charge is 0.411 e. The Morgan fingerprint density at radius 1 is 1.46 bits per heavy atom. The second kappa shape index (κ2) is 6.52. The maximum absolute atomic E-state index is 12.9. The Bertz CT molecular complexity index is 901. The lowest BCUT2D eigenvalue weighted by atomic mass is 10.2. The van der Waals surface area contributed by atoms with E-state index >= 15 is 0 Å². The molecule has 130 valence electrons. The Morgan fingerprint density at radius 2 is 2.21 bits per heavy atom. The van der Waals surface area contributed by atoms with Gasteiger partial charge in [0.2, 0.25) is 0 Å². The van der Waals surface area contributed by atoms with Crippen molar-refractivity contribution in [1.29, 1.82) is 0 Å². The van der Waals surface area contributed by atoms with Crippen LogP contribution >= 0.6 is 11.3 Å². The third kappa shape index (κ3) is 2.69. The van der Waals surface area contributed by atoms with Gasteiger partial charge in [-0.05, 0) is 39.2 Å². The van der Waals surface area contributed by atoms with E-state index in [2.05, 4.69) is 5.16 Å². The molecule has 0 aromatic carbocycles. The number of hydrogen-bond acceptors (Lipinski definition) is 6. The molecule has 0 amide bonds. The molecule has 2 aromatic heterocycles. The van der Waals surface area contributed by atoms with Gasteiger partial charge in [-0.25, -0.2) is 4.79 Å². The van der Waals surface area contributed by atoms with E-state index in [-0.39, 0.29) is 23.4 Å². The highest BCUT2D eigenvalue weighted by Gasteiger charge is 2.24. The molecule has 2 aromatic rings. The highest BCUT2D eigenvalue weighted by Crippen LogP contribution is 2.27. The Labute approximate surface area is 142 Å². The molecule has 24 heavy (non-hydrogen) atoms. The summed E-state index contributed by atoms with van der Waals surface area (Å²) in [6.07, 6.45) is 3.18. The van der Waals surface area contributed by atoms with E-state index < -0.39 is 0 Å². The maximum atomic E-state index is 12.9. The van der Waals surface area contributed by atoms with Crippen LogP contribution in [0.4, 0.5) is 0 Å². The zero-order valence-corrected chi connectivity index (χ0v) is 14.8. The van der Waals surface area contributed by atoms with Crippen LogP contribution in [0, 0.1) is 6.92 Å². The second-order valence-corrected chi connectivity index (χ2v) is 7.34. The second-order valence-electron chi connectivity index (χ2n) is 6.31. The molecule has 1 aliphatic rings. The quantitative estimate of drug-likeness (QED) is 0.519. The van der Waals surface area contributed by atoms with E-state index in [4.69, 9.17) is 9.94 Å². The van der Waals surface area contributed by atoms with Crippen molar-refractivity contribution in [3.8, 4) is 0 Å². The van der Waals surface area contributed by atoms with Gasteiger partial charge in [-0.3, -0.25) is 13.9 Å². The van der Waals surface area contributed by atoms with E-state index in [1.165, 1.54) is 22.1 Å². The molecule has 0 radical (unpaired) electrons. The van der Waals surface area contributed by atoms with Crippen LogP contribution in [0.2, 0.25) is 0 Å². The lowest BCUT2D eigenvalue weighted by molar-refractivity contribution is 0.0965. The molecule has 0 saturated carbocycles. The molecule has 1 aliphatic heterocycles. The topological polar surface area (TPSA) is 85.8 Å². The number of fused-ring (bicyclic) bond motifs is 1. The summed E-state index contributed by atoms with van der Waals surface area (Å²) in [6.45, 7) is 6.59. The zero-order chi connectivity index (χ0) is 17.4. The van der Waals surface area contributed by atoms with Gasteiger partial charge < -0.3 is 9.94 Å². The summed E-state index contributed by atoms with van der Waals surface area (Å²) in [5.41, 5.74) is 0.125. The van der Waals surface area contributed by atoms with Gasteiger partial charge >= 0.3 is 5.69 Å². The molecule has 3 rings (SSSR count). The summed E-state index contributed by atoms with van der Waals surface area (Å²) < 4.78 is 8.59. The van der Waals surface area contributed by atoms with Gasteiger partial charge in [0.25, 0.3) is 5.56 Å². The van der Waals surface area contributed by atoms with Crippen LogP contribution in [0.1, 0.15) is 43.2 Å². The smallest absolute Gasteiger partial charge is 0.332 e. The van der Waals surface area contributed by atoms with Crippen LogP contribution in [-0.4, -0.2) is 33.3 Å². The molecule has 0 bridgehead atoms. The molecule has 1 unspecified atom stereocenters. The summed E-state index contributed by atoms with van der Waals surface area (Å²) >= 11 is 1.29. The summed E-state index contributed by atoms with van der Waals surface area (Å²) in [5.74, 6) is 0. The molecule has 0 spiro atoms. The minimum absolute atomic E-state index is 0.0126. The average molecular weight is 351 g/mol. The van der Waals surface area contributed by atoms with Crippen molar-refractivity contribution in [2.75, 3.05) is 6.61 Å². The highest BCUT2D eigenvalue weighted by atomic mass is 32.1. The van der Waals surface area contributed by atoms with Crippen LogP contribution in [0.5, 0.6) is 0 Å². The lowest BCUT2D eigenvalue weighted by Gasteiger charge is -2.17. The maximum Gasteiger partial charge on any atom is 0.332 e. The van der Waals surface area contributed by atoms with Gasteiger partial charge in [-0.1, -0.05) is 5.16 Å². The predicted octanol–water partition coefficient (Wildman–Crippen LogP) is 2.10. The normalized spacial score (nSPS) is 18.4. The van der Waals surface area contributed by atoms with Gasteiger partial charge in [-0.2, -0.15) is 0 Å². The fourth-order valence-corrected chi connectivity index (χ4v) is 4.33. The minimum Gasteiger partial charge on any atom is -0.411 e. The van der Waals surface area contributed by atoms with Crippen molar-refractivity contribution in [3.05, 3.63) is 31.3 Å². The molecule has 1 saturated heterocycles. The average Bonchev–Trinajstić information content (AvgIpc) is 3.13. The van der Waals surface area contributed by atoms with Crippen LogP contribution < -0.4 is 11.2 Å². The van der Waals surface area contributed by atoms with Crippen molar-refractivity contribution in [2.24, 2.45) is 5.16 Å². The van der Waals surface area contributed by atoms with Crippen molar-refractivity contribution in [2.45, 2.75) is 52.3 Å². The third-order valence-electron chi connectivity index (χ3n) is 4.38.